The van der Waals surface area contributed by atoms with Crippen molar-refractivity contribution in [3.63, 3.8) is 0 Å². The second-order valence-corrected chi connectivity index (χ2v) is 8.13. The summed E-state index contributed by atoms with van der Waals surface area (Å²) in [5.74, 6) is -0.215. The summed E-state index contributed by atoms with van der Waals surface area (Å²) in [6.07, 6.45) is 1.30. The summed E-state index contributed by atoms with van der Waals surface area (Å²) in [6.45, 7) is 5.99. The van der Waals surface area contributed by atoms with Crippen LogP contribution >= 0.6 is 0 Å². The molecule has 1 fully saturated rings. The van der Waals surface area contributed by atoms with E-state index in [9.17, 15) is 4.79 Å². The Morgan fingerprint density at radius 3 is 2.12 bits per heavy atom. The van der Waals surface area contributed by atoms with E-state index in [-0.39, 0.29) is 12.5 Å². The first-order valence-corrected chi connectivity index (χ1v) is 10.9. The molecular weight excluding hydrogens is 400 g/mol. The molecule has 1 unspecified atom stereocenters. The molecule has 1 aliphatic carbocycles. The summed E-state index contributed by atoms with van der Waals surface area (Å²) in [7, 11) is 0. The first kappa shape index (κ1) is 20.5. The Balaban J connectivity index is 1.75. The molecule has 1 atom stereocenters. The van der Waals surface area contributed by atoms with Gasteiger partial charge in [-0.25, -0.2) is 5.06 Å². The quantitative estimate of drug-likeness (QED) is 0.561. The molecule has 1 heterocycles. The lowest BCUT2D eigenvalue weighted by molar-refractivity contribution is -0.354. The van der Waals surface area contributed by atoms with Gasteiger partial charge in [0.15, 0.2) is 6.10 Å². The SMILES string of the molecule is C/C=C(\C)N1OC(C)C(=O)N(OCc2ccccc2)C12c1ccccc1-c1ccccc12. The van der Waals surface area contributed by atoms with Crippen molar-refractivity contribution < 1.29 is 14.5 Å². The van der Waals surface area contributed by atoms with Gasteiger partial charge >= 0.3 is 0 Å². The zero-order valence-corrected chi connectivity index (χ0v) is 18.5. The lowest BCUT2D eigenvalue weighted by Gasteiger charge is -2.53. The number of fused-ring (bicyclic) bond motifs is 5. The summed E-state index contributed by atoms with van der Waals surface area (Å²) in [5.41, 5.74) is 4.86. The molecule has 5 rings (SSSR count). The molecule has 5 heteroatoms. The van der Waals surface area contributed by atoms with Crippen molar-refractivity contribution in [3.8, 4) is 11.1 Å². The van der Waals surface area contributed by atoms with Crippen LogP contribution in [-0.2, 0) is 26.7 Å². The molecule has 32 heavy (non-hydrogen) atoms. The van der Waals surface area contributed by atoms with E-state index in [0.29, 0.717) is 0 Å². The van der Waals surface area contributed by atoms with Crippen LogP contribution in [0, 0.1) is 0 Å². The molecule has 2 aliphatic rings. The number of rotatable bonds is 4. The van der Waals surface area contributed by atoms with Gasteiger partial charge in [-0.2, -0.15) is 5.06 Å². The summed E-state index contributed by atoms with van der Waals surface area (Å²) < 4.78 is 0. The summed E-state index contributed by atoms with van der Waals surface area (Å²) in [4.78, 5) is 26.3. The van der Waals surface area contributed by atoms with E-state index in [1.165, 1.54) is 5.06 Å². The topological polar surface area (TPSA) is 42.0 Å². The highest BCUT2D eigenvalue weighted by molar-refractivity contribution is 5.87. The van der Waals surface area contributed by atoms with Crippen LogP contribution in [0.1, 0.15) is 37.5 Å². The van der Waals surface area contributed by atoms with Gasteiger partial charge in [0.1, 0.15) is 6.61 Å². The minimum atomic E-state index is -1.07. The maximum atomic E-state index is 13.6. The molecule has 1 spiro atoms. The third-order valence-corrected chi connectivity index (χ3v) is 6.24. The molecular formula is C27H26N2O3. The van der Waals surface area contributed by atoms with Crippen LogP contribution in [0.25, 0.3) is 11.1 Å². The van der Waals surface area contributed by atoms with Crippen LogP contribution in [0.3, 0.4) is 0 Å². The largest absolute Gasteiger partial charge is 0.280 e. The van der Waals surface area contributed by atoms with Crippen LogP contribution in [0.2, 0.25) is 0 Å². The van der Waals surface area contributed by atoms with Gasteiger partial charge in [-0.3, -0.25) is 14.5 Å². The third kappa shape index (κ3) is 2.89. The van der Waals surface area contributed by atoms with Gasteiger partial charge in [0.2, 0.25) is 5.66 Å². The molecule has 162 valence electrons. The predicted molar refractivity (Wildman–Crippen MR) is 123 cm³/mol. The summed E-state index contributed by atoms with van der Waals surface area (Å²) >= 11 is 0. The van der Waals surface area contributed by atoms with Gasteiger partial charge < -0.3 is 0 Å². The molecule has 1 saturated heterocycles. The molecule has 0 aromatic heterocycles. The number of hydroxylamine groups is 4. The maximum Gasteiger partial charge on any atom is 0.280 e. The fraction of sp³-hybridized carbons (Fsp3) is 0.222. The number of carbonyl (C=O) groups excluding carboxylic acids is 1. The van der Waals surface area contributed by atoms with Crippen LogP contribution in [0.5, 0.6) is 0 Å². The van der Waals surface area contributed by atoms with E-state index in [4.69, 9.17) is 9.68 Å². The van der Waals surface area contributed by atoms with Crippen molar-refractivity contribution in [1.29, 1.82) is 0 Å². The number of hydrogen-bond donors (Lipinski definition) is 0. The highest BCUT2D eigenvalue weighted by atomic mass is 16.8. The standard InChI is InChI=1S/C27H26N2O3/c1-4-19(2)28-27(24-16-10-8-14-22(24)23-15-9-11-17-25(23)27)29(26(30)20(3)32-28)31-18-21-12-6-5-7-13-21/h4-17,20H,18H2,1-3H3/b19-4+. The van der Waals surface area contributed by atoms with E-state index in [1.807, 2.05) is 79.6 Å². The Hall–Kier alpha value is -3.41. The monoisotopic (exact) mass is 426 g/mol. The Bertz CT molecular complexity index is 1140. The van der Waals surface area contributed by atoms with Crippen molar-refractivity contribution in [3.05, 3.63) is 107 Å². The lowest BCUT2D eigenvalue weighted by atomic mass is 9.93. The van der Waals surface area contributed by atoms with Crippen molar-refractivity contribution in [2.24, 2.45) is 0 Å². The highest BCUT2D eigenvalue weighted by Crippen LogP contribution is 2.55. The summed E-state index contributed by atoms with van der Waals surface area (Å²) in [5, 5.41) is 3.38. The average Bonchev–Trinajstić information content (AvgIpc) is 3.13. The predicted octanol–water partition coefficient (Wildman–Crippen LogP) is 5.39. The van der Waals surface area contributed by atoms with Crippen molar-refractivity contribution in [2.75, 3.05) is 0 Å². The minimum Gasteiger partial charge on any atom is -0.269 e. The number of carbonyl (C=O) groups is 1. The second kappa shape index (κ2) is 7.93. The molecule has 1 amide bonds. The molecule has 3 aromatic rings. The van der Waals surface area contributed by atoms with E-state index < -0.39 is 11.8 Å². The molecule has 0 radical (unpaired) electrons. The van der Waals surface area contributed by atoms with Gasteiger partial charge in [0.25, 0.3) is 5.91 Å². The summed E-state index contributed by atoms with van der Waals surface area (Å²) in [6, 6.07) is 26.2. The molecule has 0 saturated carbocycles. The van der Waals surface area contributed by atoms with Crippen molar-refractivity contribution >= 4 is 5.91 Å². The Kier molecular flexibility index (Phi) is 5.08. The highest BCUT2D eigenvalue weighted by Gasteiger charge is 2.60. The number of allylic oxidation sites excluding steroid dienone is 2. The zero-order valence-electron chi connectivity index (χ0n) is 18.5. The smallest absolute Gasteiger partial charge is 0.269 e. The van der Waals surface area contributed by atoms with Crippen LogP contribution < -0.4 is 0 Å². The van der Waals surface area contributed by atoms with Crippen LogP contribution in [0.15, 0.2) is 90.6 Å². The Morgan fingerprint density at radius 1 is 0.969 bits per heavy atom. The van der Waals surface area contributed by atoms with Gasteiger partial charge in [0.05, 0.1) is 0 Å². The zero-order chi connectivity index (χ0) is 22.3. The first-order valence-electron chi connectivity index (χ1n) is 10.9. The number of amides is 1. The molecule has 5 nitrogen and oxygen atoms in total. The Labute approximate surface area is 188 Å². The molecule has 3 aromatic carbocycles. The fourth-order valence-corrected chi connectivity index (χ4v) is 4.64. The van der Waals surface area contributed by atoms with Gasteiger partial charge in [-0.1, -0.05) is 84.9 Å². The maximum absolute atomic E-state index is 13.6. The average molecular weight is 427 g/mol. The lowest BCUT2D eigenvalue weighted by Crippen LogP contribution is -2.66. The number of benzene rings is 3. The van der Waals surface area contributed by atoms with E-state index in [2.05, 4.69) is 24.3 Å². The van der Waals surface area contributed by atoms with Crippen LogP contribution in [-0.4, -0.2) is 22.1 Å². The Morgan fingerprint density at radius 2 is 1.53 bits per heavy atom. The fourth-order valence-electron chi connectivity index (χ4n) is 4.64. The second-order valence-electron chi connectivity index (χ2n) is 8.13. The normalized spacial score (nSPS) is 19.3. The number of nitrogens with zero attached hydrogens (tertiary/aromatic N) is 2. The molecule has 0 bridgehead atoms. The van der Waals surface area contributed by atoms with E-state index in [0.717, 1.165) is 33.5 Å². The van der Waals surface area contributed by atoms with Gasteiger partial charge in [-0.15, -0.1) is 0 Å². The van der Waals surface area contributed by atoms with E-state index in [1.54, 1.807) is 6.92 Å². The molecule has 1 aliphatic heterocycles. The van der Waals surface area contributed by atoms with Crippen molar-refractivity contribution in [2.45, 2.75) is 39.1 Å². The van der Waals surface area contributed by atoms with Crippen LogP contribution in [0.4, 0.5) is 0 Å². The first-order chi connectivity index (χ1) is 15.6. The van der Waals surface area contributed by atoms with Gasteiger partial charge in [0, 0.05) is 16.8 Å². The minimum absolute atomic E-state index is 0.215. The van der Waals surface area contributed by atoms with Crippen molar-refractivity contribution in [1.82, 2.24) is 10.1 Å². The van der Waals surface area contributed by atoms with E-state index >= 15 is 0 Å². The third-order valence-electron chi connectivity index (χ3n) is 6.24. The molecule has 0 N–H and O–H groups in total. The van der Waals surface area contributed by atoms with Gasteiger partial charge in [-0.05, 0) is 37.5 Å². The number of hydrogen-bond acceptors (Lipinski definition) is 4.